The zero-order valence-corrected chi connectivity index (χ0v) is 11.7. The van der Waals surface area contributed by atoms with Crippen LogP contribution in [-0.2, 0) is 0 Å². The van der Waals surface area contributed by atoms with Crippen LogP contribution in [0.3, 0.4) is 0 Å². The normalized spacial score (nSPS) is 11.8. The minimum Gasteiger partial charge on any atom is -0.457 e. The SMILES string of the molecule is CC(/C=C/c1cccc(Oc2ccc(Cl)cc2)c1)=N\O. The molecule has 0 saturated carbocycles. The number of hydrogen-bond acceptors (Lipinski definition) is 3. The first-order chi connectivity index (χ1) is 9.67. The summed E-state index contributed by atoms with van der Waals surface area (Å²) in [5, 5.41) is 12.3. The number of rotatable bonds is 4. The molecule has 0 atom stereocenters. The standard InChI is InChI=1S/C16H14ClNO2/c1-12(18-19)5-6-13-3-2-4-16(11-13)20-15-9-7-14(17)8-10-15/h2-11,19H,1H3/b6-5+,18-12+. The fraction of sp³-hybridized carbons (Fsp3) is 0.0625. The Morgan fingerprint density at radius 2 is 1.90 bits per heavy atom. The lowest BCUT2D eigenvalue weighted by molar-refractivity contribution is 0.319. The average Bonchev–Trinajstić information content (AvgIpc) is 2.47. The van der Waals surface area contributed by atoms with Crippen molar-refractivity contribution in [2.24, 2.45) is 5.16 Å². The van der Waals surface area contributed by atoms with Gasteiger partial charge in [-0.1, -0.05) is 35.0 Å². The topological polar surface area (TPSA) is 41.8 Å². The third-order valence-corrected chi connectivity index (χ3v) is 2.83. The van der Waals surface area contributed by atoms with E-state index in [9.17, 15) is 0 Å². The van der Waals surface area contributed by atoms with E-state index in [1.54, 1.807) is 25.1 Å². The first kappa shape index (κ1) is 14.2. The van der Waals surface area contributed by atoms with Crippen molar-refractivity contribution in [1.29, 1.82) is 0 Å². The van der Waals surface area contributed by atoms with Gasteiger partial charge in [-0.05, 0) is 55.0 Å². The highest BCUT2D eigenvalue weighted by molar-refractivity contribution is 6.30. The van der Waals surface area contributed by atoms with Crippen molar-refractivity contribution >= 4 is 23.4 Å². The lowest BCUT2D eigenvalue weighted by Gasteiger charge is -2.06. The fourth-order valence-corrected chi connectivity index (χ4v) is 1.70. The third-order valence-electron chi connectivity index (χ3n) is 2.58. The van der Waals surface area contributed by atoms with Crippen molar-refractivity contribution in [2.45, 2.75) is 6.92 Å². The average molecular weight is 288 g/mol. The summed E-state index contributed by atoms with van der Waals surface area (Å²) in [4.78, 5) is 0. The van der Waals surface area contributed by atoms with Crippen molar-refractivity contribution in [3.63, 3.8) is 0 Å². The highest BCUT2D eigenvalue weighted by atomic mass is 35.5. The van der Waals surface area contributed by atoms with E-state index in [1.807, 2.05) is 42.5 Å². The van der Waals surface area contributed by atoms with Gasteiger partial charge in [-0.2, -0.15) is 0 Å². The first-order valence-corrected chi connectivity index (χ1v) is 6.45. The van der Waals surface area contributed by atoms with Gasteiger partial charge in [0.25, 0.3) is 0 Å². The predicted octanol–water partition coefficient (Wildman–Crippen LogP) is 5.00. The lowest BCUT2D eigenvalue weighted by atomic mass is 10.2. The summed E-state index contributed by atoms with van der Waals surface area (Å²) in [7, 11) is 0. The Hall–Kier alpha value is -2.26. The number of benzene rings is 2. The van der Waals surface area contributed by atoms with Gasteiger partial charge in [-0.15, -0.1) is 0 Å². The van der Waals surface area contributed by atoms with E-state index in [1.165, 1.54) is 0 Å². The molecule has 0 amide bonds. The Morgan fingerprint density at radius 1 is 1.15 bits per heavy atom. The molecule has 2 rings (SSSR count). The van der Waals surface area contributed by atoms with Crippen LogP contribution in [0, 0.1) is 0 Å². The summed E-state index contributed by atoms with van der Waals surface area (Å²) in [5.74, 6) is 1.46. The van der Waals surface area contributed by atoms with Crippen molar-refractivity contribution in [3.05, 3.63) is 65.2 Å². The van der Waals surface area contributed by atoms with Crippen molar-refractivity contribution in [1.82, 2.24) is 0 Å². The molecular formula is C16H14ClNO2. The molecule has 0 saturated heterocycles. The molecule has 0 aliphatic heterocycles. The quantitative estimate of drug-likeness (QED) is 0.489. The number of halogens is 1. The molecule has 1 N–H and O–H groups in total. The molecule has 0 aromatic heterocycles. The highest BCUT2D eigenvalue weighted by Crippen LogP contribution is 2.24. The van der Waals surface area contributed by atoms with Crippen LogP contribution >= 0.6 is 11.6 Å². The van der Waals surface area contributed by atoms with Gasteiger partial charge in [0.1, 0.15) is 11.5 Å². The monoisotopic (exact) mass is 287 g/mol. The van der Waals surface area contributed by atoms with Crippen molar-refractivity contribution in [3.8, 4) is 11.5 Å². The number of allylic oxidation sites excluding steroid dienone is 1. The molecule has 2 aromatic carbocycles. The van der Waals surface area contributed by atoms with E-state index in [-0.39, 0.29) is 0 Å². The van der Waals surface area contributed by atoms with Crippen LogP contribution in [0.5, 0.6) is 11.5 Å². The van der Waals surface area contributed by atoms with Crippen LogP contribution in [0.4, 0.5) is 0 Å². The Labute approximate surface area is 122 Å². The van der Waals surface area contributed by atoms with E-state index in [4.69, 9.17) is 21.5 Å². The molecule has 102 valence electrons. The van der Waals surface area contributed by atoms with Gasteiger partial charge >= 0.3 is 0 Å². The number of ether oxygens (including phenoxy) is 1. The van der Waals surface area contributed by atoms with Gasteiger partial charge in [-0.25, -0.2) is 0 Å². The molecule has 0 aliphatic carbocycles. The van der Waals surface area contributed by atoms with Gasteiger partial charge < -0.3 is 9.94 Å². The summed E-state index contributed by atoms with van der Waals surface area (Å²) < 4.78 is 5.73. The number of nitrogens with zero attached hydrogens (tertiary/aromatic N) is 1. The van der Waals surface area contributed by atoms with Crippen LogP contribution < -0.4 is 4.74 Å². The van der Waals surface area contributed by atoms with Crippen LogP contribution in [0.15, 0.2) is 59.8 Å². The van der Waals surface area contributed by atoms with Gasteiger partial charge in [0.15, 0.2) is 0 Å². The Kier molecular flexibility index (Phi) is 4.80. The highest BCUT2D eigenvalue weighted by Gasteiger charge is 1.98. The molecule has 20 heavy (non-hydrogen) atoms. The fourth-order valence-electron chi connectivity index (χ4n) is 1.57. The van der Waals surface area contributed by atoms with E-state index in [0.29, 0.717) is 10.7 Å². The van der Waals surface area contributed by atoms with Crippen LogP contribution in [0.25, 0.3) is 6.08 Å². The van der Waals surface area contributed by atoms with Crippen molar-refractivity contribution in [2.75, 3.05) is 0 Å². The predicted molar refractivity (Wildman–Crippen MR) is 81.9 cm³/mol. The zero-order valence-electron chi connectivity index (χ0n) is 11.0. The smallest absolute Gasteiger partial charge is 0.128 e. The molecule has 0 radical (unpaired) electrons. The first-order valence-electron chi connectivity index (χ1n) is 6.07. The molecular weight excluding hydrogens is 274 g/mol. The number of oxime groups is 1. The van der Waals surface area contributed by atoms with E-state index in [0.717, 1.165) is 17.1 Å². The molecule has 4 heteroatoms. The second-order valence-corrected chi connectivity index (χ2v) is 4.64. The lowest BCUT2D eigenvalue weighted by Crippen LogP contribution is -1.85. The summed E-state index contributed by atoms with van der Waals surface area (Å²) in [6.07, 6.45) is 3.57. The van der Waals surface area contributed by atoms with Crippen LogP contribution in [0.2, 0.25) is 5.02 Å². The summed E-state index contributed by atoms with van der Waals surface area (Å²) in [5.41, 5.74) is 1.49. The van der Waals surface area contributed by atoms with Gasteiger partial charge in [0, 0.05) is 5.02 Å². The van der Waals surface area contributed by atoms with Crippen molar-refractivity contribution < 1.29 is 9.94 Å². The van der Waals surface area contributed by atoms with E-state index < -0.39 is 0 Å². The molecule has 3 nitrogen and oxygen atoms in total. The molecule has 0 unspecified atom stereocenters. The number of hydrogen-bond donors (Lipinski definition) is 1. The van der Waals surface area contributed by atoms with E-state index in [2.05, 4.69) is 5.16 Å². The zero-order chi connectivity index (χ0) is 14.4. The maximum atomic E-state index is 8.59. The molecule has 0 heterocycles. The summed E-state index contributed by atoms with van der Waals surface area (Å²) >= 11 is 5.83. The Morgan fingerprint density at radius 3 is 2.60 bits per heavy atom. The summed E-state index contributed by atoms with van der Waals surface area (Å²) in [6.45, 7) is 1.71. The third kappa shape index (κ3) is 4.14. The molecule has 0 aliphatic rings. The second-order valence-electron chi connectivity index (χ2n) is 4.20. The molecule has 0 bridgehead atoms. The molecule has 0 spiro atoms. The molecule has 2 aromatic rings. The van der Waals surface area contributed by atoms with Crippen LogP contribution in [-0.4, -0.2) is 10.9 Å². The van der Waals surface area contributed by atoms with Gasteiger partial charge in [-0.3, -0.25) is 0 Å². The molecule has 0 fully saturated rings. The minimum absolute atomic E-state index is 0.536. The maximum absolute atomic E-state index is 8.59. The minimum atomic E-state index is 0.536. The Balaban J connectivity index is 2.13. The van der Waals surface area contributed by atoms with E-state index >= 15 is 0 Å². The largest absolute Gasteiger partial charge is 0.457 e. The van der Waals surface area contributed by atoms with Gasteiger partial charge in [0.2, 0.25) is 0 Å². The van der Waals surface area contributed by atoms with Gasteiger partial charge in [0.05, 0.1) is 5.71 Å². The maximum Gasteiger partial charge on any atom is 0.128 e. The Bertz CT molecular complexity index is 633. The summed E-state index contributed by atoms with van der Waals surface area (Å²) in [6, 6.07) is 14.8. The second kappa shape index (κ2) is 6.78. The van der Waals surface area contributed by atoms with Crippen LogP contribution in [0.1, 0.15) is 12.5 Å².